The van der Waals surface area contributed by atoms with Crippen molar-refractivity contribution in [3.63, 3.8) is 0 Å². The second-order valence-corrected chi connectivity index (χ2v) is 20.8. The molecular weight excluding hydrogens is 933 g/mol. The average Bonchev–Trinajstić information content (AvgIpc) is 4.06. The van der Waals surface area contributed by atoms with Gasteiger partial charge in [-0.15, -0.1) is 0 Å². The van der Waals surface area contributed by atoms with Gasteiger partial charge in [-0.3, -0.25) is 0 Å². The van der Waals surface area contributed by atoms with E-state index in [4.69, 9.17) is 6.57 Å². The van der Waals surface area contributed by atoms with Crippen LogP contribution in [0.3, 0.4) is 0 Å². The SMILES string of the molecule is [C-]#[N+]c1ccc(-c2ccc(-n3c4ccc(-c5cccc(C)c5)cc4c4cc(-c5cccc(C)c5)ccc43)c(-c3ccc(C#N)cc3-n3c4ccc(-c5cccc(C)c5)cc4c4cc(-c5cccc(C)c5)ccc43)c2)c(C)c1. The molecule has 0 saturated heterocycles. The van der Waals surface area contributed by atoms with Gasteiger partial charge in [-0.1, -0.05) is 179 Å². The van der Waals surface area contributed by atoms with Crippen LogP contribution in [0.1, 0.15) is 33.4 Å². The van der Waals surface area contributed by atoms with Gasteiger partial charge < -0.3 is 9.13 Å². The predicted octanol–water partition coefficient (Wildman–Crippen LogP) is 19.8. The van der Waals surface area contributed by atoms with Crippen molar-refractivity contribution in [2.45, 2.75) is 34.6 Å². The lowest BCUT2D eigenvalue weighted by Gasteiger charge is -2.20. The van der Waals surface area contributed by atoms with Gasteiger partial charge in [0, 0.05) is 32.7 Å². The van der Waals surface area contributed by atoms with E-state index in [1.807, 2.05) is 18.2 Å². The van der Waals surface area contributed by atoms with Gasteiger partial charge in [-0.2, -0.15) is 5.26 Å². The lowest BCUT2D eigenvalue weighted by molar-refractivity contribution is 1.16. The molecule has 2 heterocycles. The van der Waals surface area contributed by atoms with Crippen molar-refractivity contribution in [1.29, 1.82) is 5.26 Å². The van der Waals surface area contributed by atoms with Crippen molar-refractivity contribution in [1.82, 2.24) is 9.13 Å². The van der Waals surface area contributed by atoms with E-state index in [0.717, 1.165) is 105 Å². The fourth-order valence-corrected chi connectivity index (χ4v) is 11.8. The average molecular weight is 985 g/mol. The van der Waals surface area contributed by atoms with Crippen LogP contribution in [0.15, 0.2) is 224 Å². The van der Waals surface area contributed by atoms with E-state index >= 15 is 0 Å². The van der Waals surface area contributed by atoms with Gasteiger partial charge in [0.25, 0.3) is 0 Å². The number of fused-ring (bicyclic) bond motifs is 6. The van der Waals surface area contributed by atoms with Gasteiger partial charge in [0.15, 0.2) is 5.69 Å². The summed E-state index contributed by atoms with van der Waals surface area (Å²) in [6.45, 7) is 18.5. The predicted molar refractivity (Wildman–Crippen MR) is 322 cm³/mol. The topological polar surface area (TPSA) is 38.0 Å². The molecule has 0 atom stereocenters. The molecule has 4 heteroatoms. The van der Waals surface area contributed by atoms with Crippen LogP contribution in [0.4, 0.5) is 5.69 Å². The van der Waals surface area contributed by atoms with Gasteiger partial charge in [0.05, 0.1) is 51.6 Å². The maximum Gasteiger partial charge on any atom is 0.187 e. The third-order valence-corrected chi connectivity index (χ3v) is 15.5. The normalized spacial score (nSPS) is 11.4. The van der Waals surface area contributed by atoms with E-state index < -0.39 is 0 Å². The summed E-state index contributed by atoms with van der Waals surface area (Å²) in [5.74, 6) is 0. The number of nitrogens with zero attached hydrogens (tertiary/aromatic N) is 4. The molecule has 0 aliphatic rings. The summed E-state index contributed by atoms with van der Waals surface area (Å²) in [5.41, 5.74) is 26.6. The smallest absolute Gasteiger partial charge is 0.187 e. The summed E-state index contributed by atoms with van der Waals surface area (Å²) in [7, 11) is 0. The monoisotopic (exact) mass is 984 g/mol. The number of aryl methyl sites for hydroxylation is 5. The molecule has 4 nitrogen and oxygen atoms in total. The van der Waals surface area contributed by atoms with Crippen LogP contribution < -0.4 is 0 Å². The highest BCUT2D eigenvalue weighted by molar-refractivity contribution is 6.14. The number of benzene rings is 11. The summed E-state index contributed by atoms with van der Waals surface area (Å²) in [6.07, 6.45) is 0. The molecule has 0 radical (unpaired) electrons. The standard InChI is InChI=1S/C73H52N4/c1-45-11-7-15-51(33-45)55-20-28-69-64(39-55)65-40-56(52-16-8-12-46(2)34-52)21-29-70(65)76(69)68-32-24-59(61-27-25-60(75-6)37-49(61)5)43-63(68)62-26-19-50(44-74)38-73(62)77-71-30-22-57(53-17-9-13-47(3)35-53)41-66(71)67-42-58(23-31-72(67)77)54-18-10-14-48(4)36-54/h7-43H,1-5H3. The van der Waals surface area contributed by atoms with Crippen LogP contribution in [-0.4, -0.2) is 9.13 Å². The fraction of sp³-hybridized carbons (Fsp3) is 0.0685. The molecular formula is C73H52N4. The number of hydrogen-bond acceptors (Lipinski definition) is 1. The van der Waals surface area contributed by atoms with E-state index in [1.165, 1.54) is 44.5 Å². The highest BCUT2D eigenvalue weighted by Gasteiger charge is 2.24. The molecule has 13 aromatic rings. The second-order valence-electron chi connectivity index (χ2n) is 20.8. The van der Waals surface area contributed by atoms with Crippen molar-refractivity contribution in [3.05, 3.63) is 269 Å². The maximum absolute atomic E-state index is 10.8. The van der Waals surface area contributed by atoms with Crippen molar-refractivity contribution in [2.75, 3.05) is 0 Å². The summed E-state index contributed by atoms with van der Waals surface area (Å²) in [5, 5.41) is 15.4. The summed E-state index contributed by atoms with van der Waals surface area (Å²) < 4.78 is 4.82. The molecule has 77 heavy (non-hydrogen) atoms. The largest absolute Gasteiger partial charge is 0.309 e. The summed E-state index contributed by atoms with van der Waals surface area (Å²) >= 11 is 0. The number of nitriles is 1. The van der Waals surface area contributed by atoms with Gasteiger partial charge >= 0.3 is 0 Å². The molecule has 13 rings (SSSR count). The van der Waals surface area contributed by atoms with Crippen LogP contribution in [0, 0.1) is 52.5 Å². The third kappa shape index (κ3) is 8.25. The Morgan fingerprint density at radius 3 is 1.12 bits per heavy atom. The van der Waals surface area contributed by atoms with E-state index in [2.05, 4.69) is 261 Å². The molecule has 0 fully saturated rings. The Morgan fingerprint density at radius 2 is 0.727 bits per heavy atom. The molecule has 2 aromatic heterocycles. The van der Waals surface area contributed by atoms with E-state index in [9.17, 15) is 5.26 Å². The zero-order valence-electron chi connectivity index (χ0n) is 43.7. The molecule has 0 saturated carbocycles. The Balaban J connectivity index is 1.12. The van der Waals surface area contributed by atoms with Crippen molar-refractivity contribution < 1.29 is 0 Å². The second kappa shape index (κ2) is 18.7. The van der Waals surface area contributed by atoms with Crippen molar-refractivity contribution in [3.8, 4) is 84.2 Å². The Morgan fingerprint density at radius 1 is 0.338 bits per heavy atom. The first kappa shape index (κ1) is 46.8. The molecule has 0 N–H and O–H groups in total. The first-order valence-corrected chi connectivity index (χ1v) is 26.2. The summed E-state index contributed by atoms with van der Waals surface area (Å²) in [4.78, 5) is 3.77. The number of rotatable bonds is 8. The van der Waals surface area contributed by atoms with Crippen LogP contribution in [-0.2, 0) is 0 Å². The third-order valence-electron chi connectivity index (χ3n) is 15.5. The highest BCUT2D eigenvalue weighted by atomic mass is 15.0. The van der Waals surface area contributed by atoms with Gasteiger partial charge in [0.1, 0.15) is 0 Å². The molecule has 0 amide bonds. The van der Waals surface area contributed by atoms with E-state index in [0.29, 0.717) is 11.3 Å². The van der Waals surface area contributed by atoms with Gasteiger partial charge in [0.2, 0.25) is 0 Å². The highest BCUT2D eigenvalue weighted by Crippen LogP contribution is 2.45. The lowest BCUT2D eigenvalue weighted by atomic mass is 9.93. The first-order chi connectivity index (χ1) is 37.6. The minimum Gasteiger partial charge on any atom is -0.309 e. The van der Waals surface area contributed by atoms with E-state index in [1.54, 1.807) is 0 Å². The molecule has 364 valence electrons. The van der Waals surface area contributed by atoms with Gasteiger partial charge in [-0.05, 0) is 163 Å². The molecule has 0 aliphatic carbocycles. The lowest BCUT2D eigenvalue weighted by Crippen LogP contribution is -2.03. The molecule has 0 bridgehead atoms. The minimum atomic E-state index is 0.569. The molecule has 0 aliphatic heterocycles. The Kier molecular flexibility index (Phi) is 11.4. The van der Waals surface area contributed by atoms with Crippen LogP contribution in [0.5, 0.6) is 0 Å². The number of aromatic nitrogens is 2. The minimum absolute atomic E-state index is 0.569. The zero-order valence-corrected chi connectivity index (χ0v) is 43.7. The quantitative estimate of drug-likeness (QED) is 0.140. The molecule has 0 spiro atoms. The zero-order chi connectivity index (χ0) is 52.5. The van der Waals surface area contributed by atoms with Crippen LogP contribution in [0.2, 0.25) is 0 Å². The number of hydrogen-bond donors (Lipinski definition) is 0. The Labute approximate surface area is 449 Å². The van der Waals surface area contributed by atoms with Crippen LogP contribution >= 0.6 is 0 Å². The maximum atomic E-state index is 10.8. The molecule has 11 aromatic carbocycles. The fourth-order valence-electron chi connectivity index (χ4n) is 11.8. The summed E-state index contributed by atoms with van der Waals surface area (Å²) in [6, 6.07) is 83.8. The Hall–Kier alpha value is -10.0. The van der Waals surface area contributed by atoms with Crippen molar-refractivity contribution >= 4 is 49.3 Å². The van der Waals surface area contributed by atoms with E-state index in [-0.39, 0.29) is 0 Å². The molecule has 0 unspecified atom stereocenters. The first-order valence-electron chi connectivity index (χ1n) is 26.2. The van der Waals surface area contributed by atoms with Crippen LogP contribution in [0.25, 0.3) is 127 Å². The van der Waals surface area contributed by atoms with Crippen molar-refractivity contribution in [2.24, 2.45) is 0 Å². The Bertz CT molecular complexity index is 4450. The van der Waals surface area contributed by atoms with Gasteiger partial charge in [-0.25, -0.2) is 4.85 Å².